The van der Waals surface area contributed by atoms with Gasteiger partial charge in [0.1, 0.15) is 5.75 Å². The molecule has 2 aromatic rings. The topological polar surface area (TPSA) is 85.9 Å². The average Bonchev–Trinajstić information content (AvgIpc) is 3.26. The molecular weight excluding hydrogens is 372 g/mol. The fourth-order valence-corrected chi connectivity index (χ4v) is 3.03. The van der Waals surface area contributed by atoms with Crippen LogP contribution in [0.15, 0.2) is 48.5 Å². The number of anilines is 2. The van der Waals surface area contributed by atoms with E-state index in [0.717, 1.165) is 19.4 Å². The van der Waals surface area contributed by atoms with E-state index in [1.807, 2.05) is 12.1 Å². The lowest BCUT2D eigenvalue weighted by Gasteiger charge is -2.11. The molecule has 1 atom stereocenters. The van der Waals surface area contributed by atoms with Crippen LogP contribution in [0.25, 0.3) is 0 Å². The monoisotopic (exact) mass is 398 g/mol. The molecule has 3 rings (SSSR count). The van der Waals surface area contributed by atoms with E-state index in [9.17, 15) is 9.59 Å². The summed E-state index contributed by atoms with van der Waals surface area (Å²) in [6.07, 6.45) is 2.51. The molecule has 7 heteroatoms. The summed E-state index contributed by atoms with van der Waals surface area (Å²) in [5.74, 6) is 0.199. The van der Waals surface area contributed by atoms with Gasteiger partial charge in [0.2, 0.25) is 5.91 Å². The summed E-state index contributed by atoms with van der Waals surface area (Å²) in [5, 5.41) is 5.62. The van der Waals surface area contributed by atoms with E-state index in [1.165, 1.54) is 0 Å². The Morgan fingerprint density at radius 1 is 1.10 bits per heavy atom. The fraction of sp³-hybridized carbons (Fsp3) is 0.364. The fourth-order valence-electron chi connectivity index (χ4n) is 3.03. The van der Waals surface area contributed by atoms with Crippen LogP contribution >= 0.6 is 0 Å². The average molecular weight is 398 g/mol. The molecule has 1 aliphatic rings. The minimum atomic E-state index is -0.255. The molecule has 1 unspecified atom stereocenters. The molecule has 2 amide bonds. The molecule has 0 spiro atoms. The van der Waals surface area contributed by atoms with Gasteiger partial charge in [-0.25, -0.2) is 0 Å². The third kappa shape index (κ3) is 6.30. The first kappa shape index (κ1) is 20.8. The Bertz CT molecular complexity index is 816. The number of amides is 2. The predicted octanol–water partition coefficient (Wildman–Crippen LogP) is 3.47. The second-order valence-corrected chi connectivity index (χ2v) is 6.74. The zero-order chi connectivity index (χ0) is 20.5. The van der Waals surface area contributed by atoms with Crippen LogP contribution in [0.3, 0.4) is 0 Å². The van der Waals surface area contributed by atoms with Crippen molar-refractivity contribution in [3.63, 3.8) is 0 Å². The van der Waals surface area contributed by atoms with E-state index in [-0.39, 0.29) is 24.3 Å². The van der Waals surface area contributed by atoms with E-state index in [1.54, 1.807) is 43.5 Å². The predicted molar refractivity (Wildman–Crippen MR) is 110 cm³/mol. The largest absolute Gasteiger partial charge is 0.495 e. The van der Waals surface area contributed by atoms with Gasteiger partial charge < -0.3 is 24.8 Å². The minimum Gasteiger partial charge on any atom is -0.495 e. The summed E-state index contributed by atoms with van der Waals surface area (Å²) in [6, 6.07) is 13.9. The van der Waals surface area contributed by atoms with Crippen LogP contribution < -0.4 is 15.4 Å². The second-order valence-electron chi connectivity index (χ2n) is 6.74. The van der Waals surface area contributed by atoms with E-state index in [4.69, 9.17) is 14.2 Å². The smallest absolute Gasteiger partial charge is 0.255 e. The Labute approximate surface area is 170 Å². The van der Waals surface area contributed by atoms with Crippen molar-refractivity contribution in [2.45, 2.75) is 25.4 Å². The Kier molecular flexibility index (Phi) is 7.61. The van der Waals surface area contributed by atoms with E-state index >= 15 is 0 Å². The molecule has 2 N–H and O–H groups in total. The minimum absolute atomic E-state index is 0.136. The number of methoxy groups -OCH3 is 1. The first-order chi connectivity index (χ1) is 14.2. The van der Waals surface area contributed by atoms with Crippen LogP contribution in [-0.2, 0) is 14.3 Å². The molecule has 29 heavy (non-hydrogen) atoms. The highest BCUT2D eigenvalue weighted by Crippen LogP contribution is 2.24. The second kappa shape index (κ2) is 10.6. The summed E-state index contributed by atoms with van der Waals surface area (Å²) in [5.41, 5.74) is 1.71. The van der Waals surface area contributed by atoms with E-state index in [2.05, 4.69) is 10.6 Å². The summed E-state index contributed by atoms with van der Waals surface area (Å²) < 4.78 is 16.2. The number of para-hydroxylation sites is 2. The molecule has 0 aromatic heterocycles. The summed E-state index contributed by atoms with van der Waals surface area (Å²) in [7, 11) is 1.55. The van der Waals surface area contributed by atoms with Gasteiger partial charge in [0.15, 0.2) is 0 Å². The number of benzene rings is 2. The van der Waals surface area contributed by atoms with E-state index < -0.39 is 0 Å². The Hall–Kier alpha value is -2.90. The molecule has 1 aliphatic heterocycles. The van der Waals surface area contributed by atoms with E-state index in [0.29, 0.717) is 35.9 Å². The molecule has 7 nitrogen and oxygen atoms in total. The van der Waals surface area contributed by atoms with Crippen molar-refractivity contribution < 1.29 is 23.8 Å². The van der Waals surface area contributed by atoms with Crippen LogP contribution in [0.5, 0.6) is 5.75 Å². The standard InChI is InChI=1S/C22H26N2O5/c1-27-20-7-3-2-6-19(20)24-22(26)16-8-10-17(11-9-16)23-21(25)12-14-28-15-18-5-4-13-29-18/h2-3,6-11,18H,4-5,12-15H2,1H3,(H,23,25)(H,24,26). The summed E-state index contributed by atoms with van der Waals surface area (Å²) >= 11 is 0. The Balaban J connectivity index is 1.44. The third-order valence-corrected chi connectivity index (χ3v) is 4.59. The zero-order valence-electron chi connectivity index (χ0n) is 16.5. The van der Waals surface area contributed by atoms with Gasteiger partial charge in [-0.2, -0.15) is 0 Å². The van der Waals surface area contributed by atoms with Crippen molar-refractivity contribution in [3.8, 4) is 5.75 Å². The number of carbonyl (C=O) groups is 2. The number of rotatable bonds is 9. The van der Waals surface area contributed by atoms with Gasteiger partial charge in [-0.3, -0.25) is 9.59 Å². The molecule has 0 bridgehead atoms. The van der Waals surface area contributed by atoms with Crippen molar-refractivity contribution in [3.05, 3.63) is 54.1 Å². The molecule has 0 saturated carbocycles. The summed E-state index contributed by atoms with van der Waals surface area (Å²) in [4.78, 5) is 24.4. The van der Waals surface area contributed by atoms with Crippen LogP contribution in [-0.4, -0.2) is 44.8 Å². The summed E-state index contributed by atoms with van der Waals surface area (Å²) in [6.45, 7) is 1.68. The van der Waals surface area contributed by atoms with Crippen LogP contribution in [0.1, 0.15) is 29.6 Å². The third-order valence-electron chi connectivity index (χ3n) is 4.59. The maximum absolute atomic E-state index is 12.4. The maximum Gasteiger partial charge on any atom is 0.255 e. The molecule has 1 saturated heterocycles. The molecule has 2 aromatic carbocycles. The number of hydrogen-bond donors (Lipinski definition) is 2. The van der Waals surface area contributed by atoms with Gasteiger partial charge in [0, 0.05) is 17.9 Å². The molecule has 154 valence electrons. The molecular formula is C22H26N2O5. The van der Waals surface area contributed by atoms with Crippen LogP contribution in [0.4, 0.5) is 11.4 Å². The lowest BCUT2D eigenvalue weighted by atomic mass is 10.2. The van der Waals surface area contributed by atoms with Gasteiger partial charge >= 0.3 is 0 Å². The number of carbonyl (C=O) groups excluding carboxylic acids is 2. The van der Waals surface area contributed by atoms with Crippen molar-refractivity contribution in [2.75, 3.05) is 37.6 Å². The molecule has 1 heterocycles. The normalized spacial score (nSPS) is 15.7. The first-order valence-electron chi connectivity index (χ1n) is 9.69. The lowest BCUT2D eigenvalue weighted by Crippen LogP contribution is -2.18. The van der Waals surface area contributed by atoms with Gasteiger partial charge in [0.05, 0.1) is 38.5 Å². The molecule has 1 fully saturated rings. The van der Waals surface area contributed by atoms with Gasteiger partial charge in [0.25, 0.3) is 5.91 Å². The zero-order valence-corrected chi connectivity index (χ0v) is 16.5. The van der Waals surface area contributed by atoms with Crippen LogP contribution in [0, 0.1) is 0 Å². The number of ether oxygens (including phenoxy) is 3. The van der Waals surface area contributed by atoms with Crippen LogP contribution in [0.2, 0.25) is 0 Å². The van der Waals surface area contributed by atoms with Crippen molar-refractivity contribution >= 4 is 23.2 Å². The van der Waals surface area contributed by atoms with Crippen molar-refractivity contribution in [1.29, 1.82) is 0 Å². The highest BCUT2D eigenvalue weighted by atomic mass is 16.5. The maximum atomic E-state index is 12.4. The quantitative estimate of drug-likeness (QED) is 0.632. The highest BCUT2D eigenvalue weighted by molar-refractivity contribution is 6.05. The molecule has 0 radical (unpaired) electrons. The van der Waals surface area contributed by atoms with Gasteiger partial charge in [-0.05, 0) is 49.2 Å². The number of nitrogens with one attached hydrogen (secondary N) is 2. The van der Waals surface area contributed by atoms with Gasteiger partial charge in [-0.15, -0.1) is 0 Å². The lowest BCUT2D eigenvalue weighted by molar-refractivity contribution is -0.117. The van der Waals surface area contributed by atoms with Gasteiger partial charge in [-0.1, -0.05) is 12.1 Å². The van der Waals surface area contributed by atoms with Crippen molar-refractivity contribution in [2.24, 2.45) is 0 Å². The Morgan fingerprint density at radius 2 is 1.90 bits per heavy atom. The Morgan fingerprint density at radius 3 is 2.62 bits per heavy atom. The SMILES string of the molecule is COc1ccccc1NC(=O)c1ccc(NC(=O)CCOCC2CCCO2)cc1. The first-order valence-corrected chi connectivity index (χ1v) is 9.69. The highest BCUT2D eigenvalue weighted by Gasteiger charge is 2.15. The van der Waals surface area contributed by atoms with Crippen molar-refractivity contribution in [1.82, 2.24) is 0 Å². The molecule has 0 aliphatic carbocycles. The number of hydrogen-bond acceptors (Lipinski definition) is 5.